The number of hydrogen-bond donors (Lipinski definition) is 3. The molecule has 0 saturated carbocycles. The van der Waals surface area contributed by atoms with E-state index < -0.39 is 5.91 Å². The van der Waals surface area contributed by atoms with E-state index in [1.54, 1.807) is 12.1 Å². The van der Waals surface area contributed by atoms with E-state index in [9.17, 15) is 4.79 Å². The van der Waals surface area contributed by atoms with Crippen LogP contribution in [0, 0.1) is 0 Å². The van der Waals surface area contributed by atoms with E-state index in [1.807, 2.05) is 24.4 Å². The molecule has 4 rings (SSSR count). The first-order valence-corrected chi connectivity index (χ1v) is 7.70. The number of carbonyl (C=O) groups excluding carboxylic acids is 1. The van der Waals surface area contributed by atoms with Gasteiger partial charge in [0.15, 0.2) is 0 Å². The van der Waals surface area contributed by atoms with E-state index in [0.717, 1.165) is 29.7 Å². The normalized spacial score (nSPS) is 17.7. The summed E-state index contributed by atoms with van der Waals surface area (Å²) in [6.45, 7) is 1.05. The smallest absolute Gasteiger partial charge is 0.250 e. The van der Waals surface area contributed by atoms with Gasteiger partial charge in [-0.2, -0.15) is 0 Å². The van der Waals surface area contributed by atoms with Gasteiger partial charge in [0.25, 0.3) is 5.91 Å². The highest BCUT2D eigenvalue weighted by Gasteiger charge is 2.18. The first kappa shape index (κ1) is 13.9. The molecule has 1 aliphatic heterocycles. The molecular weight excluding hydrogens is 290 g/mol. The maximum Gasteiger partial charge on any atom is 0.250 e. The highest BCUT2D eigenvalue weighted by atomic mass is 16.1. The Morgan fingerprint density at radius 1 is 1.26 bits per heavy atom. The van der Waals surface area contributed by atoms with Crippen LogP contribution in [0.1, 0.15) is 34.9 Å². The average Bonchev–Trinajstić information content (AvgIpc) is 3.24. The fourth-order valence-electron chi connectivity index (χ4n) is 3.06. The number of hydrogen-bond acceptors (Lipinski definition) is 4. The molecule has 1 unspecified atom stereocenters. The van der Waals surface area contributed by atoms with Crippen molar-refractivity contribution in [3.05, 3.63) is 47.8 Å². The number of amides is 1. The summed E-state index contributed by atoms with van der Waals surface area (Å²) in [6, 6.07) is 9.73. The van der Waals surface area contributed by atoms with Crippen molar-refractivity contribution in [3.8, 4) is 11.4 Å². The number of rotatable bonds is 3. The lowest BCUT2D eigenvalue weighted by Gasteiger charge is -2.09. The van der Waals surface area contributed by atoms with E-state index >= 15 is 0 Å². The van der Waals surface area contributed by atoms with Crippen molar-refractivity contribution in [2.24, 2.45) is 5.73 Å². The molecule has 2 aromatic heterocycles. The zero-order valence-corrected chi connectivity index (χ0v) is 12.5. The largest absolute Gasteiger partial charge is 0.366 e. The molecule has 0 bridgehead atoms. The number of primary amides is 1. The van der Waals surface area contributed by atoms with E-state index in [0.29, 0.717) is 22.9 Å². The molecule has 4 N–H and O–H groups in total. The molecule has 3 heterocycles. The molecule has 0 radical (unpaired) electrons. The van der Waals surface area contributed by atoms with Gasteiger partial charge < -0.3 is 16.0 Å². The number of nitrogens with two attached hydrogens (primary N) is 1. The Kier molecular flexibility index (Phi) is 3.31. The van der Waals surface area contributed by atoms with Crippen LogP contribution in [0.15, 0.2) is 36.5 Å². The Balaban J connectivity index is 1.71. The third-order valence-electron chi connectivity index (χ3n) is 4.26. The van der Waals surface area contributed by atoms with Crippen LogP contribution in [0.25, 0.3) is 22.4 Å². The molecule has 0 aliphatic carbocycles. The minimum absolute atomic E-state index is 0.348. The number of nitrogens with one attached hydrogen (secondary N) is 2. The molecule has 1 amide bonds. The Morgan fingerprint density at radius 2 is 2.17 bits per heavy atom. The van der Waals surface area contributed by atoms with Gasteiger partial charge in [-0.1, -0.05) is 6.07 Å². The minimum Gasteiger partial charge on any atom is -0.366 e. The lowest BCUT2D eigenvalue weighted by atomic mass is 10.1. The fraction of sp³-hybridized carbons (Fsp3) is 0.235. The predicted octanol–water partition coefficient (Wildman–Crippen LogP) is 2.15. The van der Waals surface area contributed by atoms with Crippen molar-refractivity contribution in [1.29, 1.82) is 0 Å². The summed E-state index contributed by atoms with van der Waals surface area (Å²) in [4.78, 5) is 23.8. The van der Waals surface area contributed by atoms with Crippen LogP contribution < -0.4 is 11.1 Å². The molecule has 1 fully saturated rings. The lowest BCUT2D eigenvalue weighted by Crippen LogP contribution is -2.13. The second-order valence-electron chi connectivity index (χ2n) is 5.77. The van der Waals surface area contributed by atoms with Crippen molar-refractivity contribution in [1.82, 2.24) is 20.3 Å². The molecule has 1 aliphatic rings. The van der Waals surface area contributed by atoms with Gasteiger partial charge in [-0.25, -0.2) is 4.98 Å². The topological polar surface area (TPSA) is 96.7 Å². The number of carbonyl (C=O) groups is 1. The van der Waals surface area contributed by atoms with Crippen molar-refractivity contribution < 1.29 is 4.79 Å². The van der Waals surface area contributed by atoms with Gasteiger partial charge in [0.2, 0.25) is 0 Å². The number of imidazole rings is 1. The van der Waals surface area contributed by atoms with Crippen molar-refractivity contribution in [3.63, 3.8) is 0 Å². The number of aromatic nitrogens is 3. The number of H-pyrrole nitrogens is 1. The Labute approximate surface area is 133 Å². The number of benzene rings is 1. The minimum atomic E-state index is -0.477. The van der Waals surface area contributed by atoms with E-state index in [-0.39, 0.29) is 0 Å². The van der Waals surface area contributed by atoms with Crippen LogP contribution in [0.4, 0.5) is 0 Å². The molecule has 23 heavy (non-hydrogen) atoms. The summed E-state index contributed by atoms with van der Waals surface area (Å²) in [5.41, 5.74) is 9.15. The summed E-state index contributed by atoms with van der Waals surface area (Å²) < 4.78 is 0. The number of aromatic amines is 1. The number of fused-ring (bicyclic) bond motifs is 1. The first-order valence-electron chi connectivity index (χ1n) is 7.70. The summed E-state index contributed by atoms with van der Waals surface area (Å²) in [5.74, 6) is 0.210. The number of nitrogens with zero attached hydrogens (tertiary/aromatic N) is 2. The molecular formula is C17H17N5O. The molecule has 6 heteroatoms. The van der Waals surface area contributed by atoms with Gasteiger partial charge in [-0.05, 0) is 43.7 Å². The molecule has 6 nitrogen and oxygen atoms in total. The van der Waals surface area contributed by atoms with Gasteiger partial charge in [0.05, 0.1) is 16.8 Å². The van der Waals surface area contributed by atoms with Crippen LogP contribution in [-0.4, -0.2) is 27.4 Å². The molecule has 1 saturated heterocycles. The van der Waals surface area contributed by atoms with Crippen LogP contribution in [0.2, 0.25) is 0 Å². The molecule has 1 aromatic carbocycles. The van der Waals surface area contributed by atoms with Crippen molar-refractivity contribution in [2.45, 2.75) is 18.9 Å². The zero-order chi connectivity index (χ0) is 15.8. The van der Waals surface area contributed by atoms with Crippen LogP contribution in [-0.2, 0) is 0 Å². The van der Waals surface area contributed by atoms with Crippen LogP contribution >= 0.6 is 0 Å². The fourth-order valence-corrected chi connectivity index (χ4v) is 3.06. The quantitative estimate of drug-likeness (QED) is 0.690. The van der Waals surface area contributed by atoms with E-state index in [4.69, 9.17) is 5.73 Å². The van der Waals surface area contributed by atoms with E-state index in [1.165, 1.54) is 6.42 Å². The Morgan fingerprint density at radius 3 is 2.87 bits per heavy atom. The van der Waals surface area contributed by atoms with Gasteiger partial charge in [-0.3, -0.25) is 9.78 Å². The number of para-hydroxylation sites is 1. The monoisotopic (exact) mass is 307 g/mol. The zero-order valence-electron chi connectivity index (χ0n) is 12.5. The van der Waals surface area contributed by atoms with Crippen molar-refractivity contribution in [2.75, 3.05) is 6.54 Å². The SMILES string of the molecule is NC(=O)c1cccc2[nH]c(-c3ccc(C4CCCN4)nc3)nc12. The molecule has 0 spiro atoms. The van der Waals surface area contributed by atoms with Gasteiger partial charge in [0.1, 0.15) is 11.3 Å². The first-order chi connectivity index (χ1) is 11.2. The second-order valence-corrected chi connectivity index (χ2v) is 5.77. The van der Waals surface area contributed by atoms with Crippen LogP contribution in [0.3, 0.4) is 0 Å². The predicted molar refractivity (Wildman–Crippen MR) is 87.8 cm³/mol. The summed E-state index contributed by atoms with van der Waals surface area (Å²) in [5, 5.41) is 3.44. The molecule has 3 aromatic rings. The maximum absolute atomic E-state index is 11.5. The summed E-state index contributed by atoms with van der Waals surface area (Å²) >= 11 is 0. The standard InChI is InChI=1S/C17H17N5O/c18-16(23)11-3-1-4-14-15(11)22-17(21-14)10-6-7-13(20-9-10)12-5-2-8-19-12/h1,3-4,6-7,9,12,19H,2,5,8H2,(H2,18,23)(H,21,22). The van der Waals surface area contributed by atoms with Gasteiger partial charge in [-0.15, -0.1) is 0 Å². The third-order valence-corrected chi connectivity index (χ3v) is 4.26. The number of pyridine rings is 1. The van der Waals surface area contributed by atoms with Gasteiger partial charge in [0, 0.05) is 17.8 Å². The average molecular weight is 307 g/mol. The second kappa shape index (κ2) is 5.48. The summed E-state index contributed by atoms with van der Waals surface area (Å²) in [6.07, 6.45) is 4.13. The van der Waals surface area contributed by atoms with Crippen LogP contribution in [0.5, 0.6) is 0 Å². The Bertz CT molecular complexity index is 862. The van der Waals surface area contributed by atoms with Crippen molar-refractivity contribution >= 4 is 16.9 Å². The molecule has 1 atom stereocenters. The molecule has 116 valence electrons. The summed E-state index contributed by atoms with van der Waals surface area (Å²) in [7, 11) is 0. The lowest BCUT2D eigenvalue weighted by molar-refractivity contribution is 0.100. The maximum atomic E-state index is 11.5. The highest BCUT2D eigenvalue weighted by molar-refractivity contribution is 6.04. The Hall–Kier alpha value is -2.73. The van der Waals surface area contributed by atoms with E-state index in [2.05, 4.69) is 20.3 Å². The highest BCUT2D eigenvalue weighted by Crippen LogP contribution is 2.25. The third kappa shape index (κ3) is 2.47. The van der Waals surface area contributed by atoms with Gasteiger partial charge >= 0.3 is 0 Å².